The molecule has 1 saturated carbocycles. The lowest BCUT2D eigenvalue weighted by Crippen LogP contribution is -2.48. The van der Waals surface area contributed by atoms with E-state index in [1.165, 1.54) is 0 Å². The summed E-state index contributed by atoms with van der Waals surface area (Å²) in [7, 11) is 1.94. The maximum atomic E-state index is 13.7. The summed E-state index contributed by atoms with van der Waals surface area (Å²) in [6.07, 6.45) is 6.19. The first-order valence-corrected chi connectivity index (χ1v) is 11.2. The molecule has 3 aromatic rings. The number of hydrogen-bond acceptors (Lipinski definition) is 3. The second-order valence-corrected chi connectivity index (χ2v) is 8.72. The fourth-order valence-corrected chi connectivity index (χ4v) is 5.35. The summed E-state index contributed by atoms with van der Waals surface area (Å²) in [4.78, 5) is 31.6. The van der Waals surface area contributed by atoms with Crippen LogP contribution in [0.15, 0.2) is 35.3 Å². The highest BCUT2D eigenvalue weighted by Crippen LogP contribution is 2.33. The van der Waals surface area contributed by atoms with Crippen molar-refractivity contribution in [2.75, 3.05) is 32.7 Å². The molecule has 3 heterocycles. The number of amides is 1. The predicted octanol–water partition coefficient (Wildman–Crippen LogP) is 3.39. The number of carbonyl (C=O) groups excluding carboxylic acids is 1. The summed E-state index contributed by atoms with van der Waals surface area (Å²) in [5, 5.41) is 1.80. The molecule has 2 aromatic heterocycles. The topological polar surface area (TPSA) is 50.5 Å². The summed E-state index contributed by atoms with van der Waals surface area (Å²) in [5.41, 5.74) is 2.36. The summed E-state index contributed by atoms with van der Waals surface area (Å²) < 4.78 is 3.84. The Hall–Kier alpha value is -2.60. The zero-order chi connectivity index (χ0) is 20.8. The van der Waals surface area contributed by atoms with Gasteiger partial charge in [-0.1, -0.05) is 38.0 Å². The molecule has 1 aliphatic heterocycles. The van der Waals surface area contributed by atoms with Crippen molar-refractivity contribution in [3.8, 4) is 0 Å². The van der Waals surface area contributed by atoms with Gasteiger partial charge >= 0.3 is 0 Å². The third-order valence-electron chi connectivity index (χ3n) is 7.14. The molecule has 1 aliphatic carbocycles. The Balaban J connectivity index is 1.71. The highest BCUT2D eigenvalue weighted by atomic mass is 16.2. The molecule has 6 nitrogen and oxygen atoms in total. The minimum atomic E-state index is 0.0305. The van der Waals surface area contributed by atoms with Crippen molar-refractivity contribution >= 4 is 27.7 Å². The Morgan fingerprint density at radius 2 is 1.77 bits per heavy atom. The number of fused-ring (bicyclic) bond motifs is 3. The number of piperazine rings is 1. The van der Waals surface area contributed by atoms with Crippen molar-refractivity contribution in [1.29, 1.82) is 0 Å². The molecule has 158 valence electrons. The lowest BCUT2D eigenvalue weighted by atomic mass is 10.1. The van der Waals surface area contributed by atoms with Crippen molar-refractivity contribution in [2.24, 2.45) is 7.05 Å². The number of rotatable bonds is 3. The van der Waals surface area contributed by atoms with Gasteiger partial charge in [0.15, 0.2) is 0 Å². The minimum absolute atomic E-state index is 0.0305. The summed E-state index contributed by atoms with van der Waals surface area (Å²) in [5.74, 6) is 0.0545. The van der Waals surface area contributed by atoms with Crippen molar-refractivity contribution in [3.63, 3.8) is 0 Å². The highest BCUT2D eigenvalue weighted by molar-refractivity contribution is 6.17. The number of aromatic nitrogens is 2. The number of hydrogen-bond donors (Lipinski definition) is 0. The predicted molar refractivity (Wildman–Crippen MR) is 120 cm³/mol. The summed E-state index contributed by atoms with van der Waals surface area (Å²) in [6, 6.07) is 8.23. The van der Waals surface area contributed by atoms with Crippen molar-refractivity contribution < 1.29 is 4.79 Å². The summed E-state index contributed by atoms with van der Waals surface area (Å²) >= 11 is 0. The first kappa shape index (κ1) is 19.4. The van der Waals surface area contributed by atoms with Gasteiger partial charge in [0.05, 0.1) is 5.56 Å². The van der Waals surface area contributed by atoms with Gasteiger partial charge in [0.25, 0.3) is 11.5 Å². The number of para-hydroxylation sites is 1. The first-order valence-electron chi connectivity index (χ1n) is 11.2. The van der Waals surface area contributed by atoms with E-state index in [2.05, 4.69) is 11.8 Å². The lowest BCUT2D eigenvalue weighted by Gasteiger charge is -2.34. The van der Waals surface area contributed by atoms with Gasteiger partial charge in [0.1, 0.15) is 5.52 Å². The van der Waals surface area contributed by atoms with E-state index in [1.807, 2.05) is 51.5 Å². The summed E-state index contributed by atoms with van der Waals surface area (Å²) in [6.45, 7) is 6.46. The zero-order valence-corrected chi connectivity index (χ0v) is 17.9. The Bertz CT molecular complexity index is 1160. The van der Waals surface area contributed by atoms with Gasteiger partial charge in [-0.2, -0.15) is 0 Å². The fourth-order valence-electron chi connectivity index (χ4n) is 5.35. The molecule has 0 N–H and O–H groups in total. The fraction of sp³-hybridized carbons (Fsp3) is 0.500. The average molecular weight is 407 g/mol. The molecule has 1 saturated heterocycles. The van der Waals surface area contributed by atoms with Gasteiger partial charge in [-0.15, -0.1) is 0 Å². The van der Waals surface area contributed by atoms with Crippen molar-refractivity contribution in [3.05, 3.63) is 46.4 Å². The Kier molecular flexibility index (Phi) is 4.89. The molecule has 2 fully saturated rings. The van der Waals surface area contributed by atoms with E-state index < -0.39 is 0 Å². The molecule has 6 heteroatoms. The molecule has 0 spiro atoms. The smallest absolute Gasteiger partial charge is 0.275 e. The number of likely N-dealkylation sites (N-methyl/N-ethyl adjacent to an activating group) is 1. The van der Waals surface area contributed by atoms with Crippen LogP contribution >= 0.6 is 0 Å². The molecule has 30 heavy (non-hydrogen) atoms. The van der Waals surface area contributed by atoms with Crippen LogP contribution < -0.4 is 5.56 Å². The van der Waals surface area contributed by atoms with Crippen LogP contribution in [0, 0.1) is 0 Å². The van der Waals surface area contributed by atoms with Gasteiger partial charge in [-0.3, -0.25) is 9.59 Å². The number of nitrogens with zero attached hydrogens (tertiary/aromatic N) is 4. The normalized spacial score (nSPS) is 18.7. The molecule has 0 atom stereocenters. The average Bonchev–Trinajstić information content (AvgIpc) is 3.42. The molecule has 0 unspecified atom stereocenters. The molecule has 0 radical (unpaired) electrons. The third-order valence-corrected chi connectivity index (χ3v) is 7.14. The van der Waals surface area contributed by atoms with Crippen LogP contribution in [0.5, 0.6) is 0 Å². The quantitative estimate of drug-likeness (QED) is 0.670. The van der Waals surface area contributed by atoms with Crippen LogP contribution in [0.25, 0.3) is 21.8 Å². The van der Waals surface area contributed by atoms with Gasteiger partial charge < -0.3 is 18.9 Å². The van der Waals surface area contributed by atoms with E-state index in [4.69, 9.17) is 0 Å². The molecule has 2 aliphatic rings. The van der Waals surface area contributed by atoms with Gasteiger partial charge in [0, 0.05) is 61.8 Å². The number of aryl methyl sites for hydroxylation is 1. The number of pyridine rings is 1. The van der Waals surface area contributed by atoms with E-state index in [-0.39, 0.29) is 17.5 Å². The monoisotopic (exact) mass is 406 g/mol. The SMILES string of the molecule is CCN1CCN(C(=O)c2cn(C3CCCC3)c(=O)c3c2c2ccccc2n3C)CC1. The maximum Gasteiger partial charge on any atom is 0.275 e. The van der Waals surface area contributed by atoms with E-state index in [0.29, 0.717) is 11.1 Å². The van der Waals surface area contributed by atoms with Crippen LogP contribution in [0.4, 0.5) is 0 Å². The van der Waals surface area contributed by atoms with E-state index in [0.717, 1.165) is 74.7 Å². The Morgan fingerprint density at radius 3 is 2.47 bits per heavy atom. The number of benzene rings is 1. The standard InChI is InChI=1S/C24H30N4O2/c1-3-26-12-14-27(15-13-26)23(29)19-16-28(17-8-4-5-9-17)24(30)22-21(19)18-10-6-7-11-20(18)25(22)2/h6-7,10-11,16-17H,3-5,8-9,12-15H2,1-2H3. The molecular weight excluding hydrogens is 376 g/mol. The Labute approximate surface area is 176 Å². The molecule has 5 rings (SSSR count). The molecule has 1 amide bonds. The minimum Gasteiger partial charge on any atom is -0.339 e. The second kappa shape index (κ2) is 7.58. The van der Waals surface area contributed by atoms with E-state index in [9.17, 15) is 9.59 Å². The highest BCUT2D eigenvalue weighted by Gasteiger charge is 2.28. The van der Waals surface area contributed by atoms with Crippen LogP contribution in [0.3, 0.4) is 0 Å². The Morgan fingerprint density at radius 1 is 1.07 bits per heavy atom. The van der Waals surface area contributed by atoms with Crippen molar-refractivity contribution in [1.82, 2.24) is 18.9 Å². The van der Waals surface area contributed by atoms with Crippen LogP contribution in [0.1, 0.15) is 49.0 Å². The second-order valence-electron chi connectivity index (χ2n) is 8.72. The van der Waals surface area contributed by atoms with Crippen LogP contribution in [-0.2, 0) is 7.05 Å². The third kappa shape index (κ3) is 2.97. The van der Waals surface area contributed by atoms with Crippen molar-refractivity contribution in [2.45, 2.75) is 38.6 Å². The van der Waals surface area contributed by atoms with Gasteiger partial charge in [-0.05, 0) is 25.5 Å². The molecule has 0 bridgehead atoms. The lowest BCUT2D eigenvalue weighted by molar-refractivity contribution is 0.0644. The number of carbonyl (C=O) groups is 1. The van der Waals surface area contributed by atoms with E-state index >= 15 is 0 Å². The van der Waals surface area contributed by atoms with Gasteiger partial charge in [0.2, 0.25) is 0 Å². The maximum absolute atomic E-state index is 13.7. The first-order chi connectivity index (χ1) is 14.6. The zero-order valence-electron chi connectivity index (χ0n) is 17.9. The molecular formula is C24H30N4O2. The largest absolute Gasteiger partial charge is 0.339 e. The molecule has 1 aromatic carbocycles. The van der Waals surface area contributed by atoms with Gasteiger partial charge in [-0.25, -0.2) is 0 Å². The van der Waals surface area contributed by atoms with E-state index in [1.54, 1.807) is 0 Å². The van der Waals surface area contributed by atoms with Crippen LogP contribution in [-0.4, -0.2) is 57.6 Å². The van der Waals surface area contributed by atoms with Crippen LogP contribution in [0.2, 0.25) is 0 Å².